The molecule has 0 aromatic carbocycles. The fourth-order valence-corrected chi connectivity index (χ4v) is 1.75. The van der Waals surface area contributed by atoms with Crippen LogP contribution in [-0.4, -0.2) is 29.0 Å². The summed E-state index contributed by atoms with van der Waals surface area (Å²) in [5.41, 5.74) is 0.933. The molecule has 0 radical (unpaired) electrons. The van der Waals surface area contributed by atoms with Crippen molar-refractivity contribution in [3.8, 4) is 0 Å². The van der Waals surface area contributed by atoms with Gasteiger partial charge in [-0.15, -0.1) is 0 Å². The molecular formula is C14H22BrNO2. The Hall–Kier alpha value is -1.03. The van der Waals surface area contributed by atoms with E-state index in [2.05, 4.69) is 22.5 Å². The molecule has 0 aromatic rings. The minimum Gasteiger partial charge on any atom is -0.443 e. The van der Waals surface area contributed by atoms with Gasteiger partial charge in [0.15, 0.2) is 0 Å². The quantitative estimate of drug-likeness (QED) is 0.560. The maximum absolute atomic E-state index is 11.5. The van der Waals surface area contributed by atoms with Gasteiger partial charge in [0.2, 0.25) is 0 Å². The summed E-state index contributed by atoms with van der Waals surface area (Å²) in [5, 5.41) is 0.679. The van der Waals surface area contributed by atoms with Crippen LogP contribution in [-0.2, 0) is 4.74 Å². The van der Waals surface area contributed by atoms with E-state index in [1.807, 2.05) is 39.0 Å². The summed E-state index contributed by atoms with van der Waals surface area (Å²) in [7, 11) is 0. The molecule has 0 N–H and O–H groups in total. The van der Waals surface area contributed by atoms with Crippen molar-refractivity contribution in [3.05, 3.63) is 36.6 Å². The number of hydrogen-bond acceptors (Lipinski definition) is 2. The number of cyclic esters (lactones) is 1. The molecule has 4 heteroatoms. The van der Waals surface area contributed by atoms with Crippen LogP contribution in [0.1, 0.15) is 27.2 Å². The summed E-state index contributed by atoms with van der Waals surface area (Å²) in [6.07, 6.45) is 8.09. The van der Waals surface area contributed by atoms with Crippen molar-refractivity contribution in [3.63, 3.8) is 0 Å². The maximum atomic E-state index is 11.5. The number of carbonyl (C=O) groups is 1. The molecule has 0 aromatic heterocycles. The fraction of sp³-hybridized carbons (Fsp3) is 0.500. The summed E-state index contributed by atoms with van der Waals surface area (Å²) >= 11 is 3.31. The zero-order valence-corrected chi connectivity index (χ0v) is 12.9. The zero-order chi connectivity index (χ0) is 14.0. The second-order valence-corrected chi connectivity index (χ2v) is 4.16. The van der Waals surface area contributed by atoms with Crippen LogP contribution in [0.4, 0.5) is 4.79 Å². The minimum absolute atomic E-state index is 0.0421. The van der Waals surface area contributed by atoms with Crippen molar-refractivity contribution < 1.29 is 9.53 Å². The lowest BCUT2D eigenvalue weighted by Gasteiger charge is -2.12. The number of halogens is 1. The second kappa shape index (κ2) is 9.95. The van der Waals surface area contributed by atoms with Crippen LogP contribution < -0.4 is 0 Å². The zero-order valence-electron chi connectivity index (χ0n) is 11.4. The van der Waals surface area contributed by atoms with Gasteiger partial charge in [-0.3, -0.25) is 4.90 Å². The van der Waals surface area contributed by atoms with Crippen molar-refractivity contribution in [2.45, 2.75) is 33.3 Å². The highest BCUT2D eigenvalue weighted by molar-refractivity contribution is 9.09. The van der Waals surface area contributed by atoms with E-state index < -0.39 is 0 Å². The molecule has 18 heavy (non-hydrogen) atoms. The number of carbonyl (C=O) groups excluding carboxylic acids is 1. The van der Waals surface area contributed by atoms with Crippen LogP contribution in [0.25, 0.3) is 0 Å². The predicted octanol–water partition coefficient (Wildman–Crippen LogP) is 4.26. The Morgan fingerprint density at radius 3 is 2.78 bits per heavy atom. The van der Waals surface area contributed by atoms with Gasteiger partial charge in [-0.2, -0.15) is 0 Å². The lowest BCUT2D eigenvalue weighted by atomic mass is 10.3. The van der Waals surface area contributed by atoms with Crippen LogP contribution in [0.2, 0.25) is 0 Å². The van der Waals surface area contributed by atoms with Gasteiger partial charge in [-0.25, -0.2) is 4.79 Å². The molecule has 1 aliphatic rings. The van der Waals surface area contributed by atoms with Crippen molar-refractivity contribution >= 4 is 22.0 Å². The van der Waals surface area contributed by atoms with E-state index >= 15 is 0 Å². The second-order valence-electron chi connectivity index (χ2n) is 3.52. The van der Waals surface area contributed by atoms with E-state index in [0.29, 0.717) is 11.9 Å². The summed E-state index contributed by atoms with van der Waals surface area (Å²) in [6, 6.07) is 0. The van der Waals surface area contributed by atoms with Crippen molar-refractivity contribution in [2.75, 3.05) is 11.9 Å². The van der Waals surface area contributed by atoms with Crippen molar-refractivity contribution in [1.82, 2.24) is 4.90 Å². The molecule has 0 spiro atoms. The van der Waals surface area contributed by atoms with Crippen LogP contribution in [0.15, 0.2) is 36.6 Å². The summed E-state index contributed by atoms with van der Waals surface area (Å²) in [5.74, 6) is 0. The largest absolute Gasteiger partial charge is 0.443 e. The van der Waals surface area contributed by atoms with Gasteiger partial charge in [0, 0.05) is 11.0 Å². The third-order valence-corrected chi connectivity index (χ3v) is 3.02. The first-order valence-electron chi connectivity index (χ1n) is 6.17. The molecule has 0 saturated carbocycles. The average molecular weight is 316 g/mol. The lowest BCUT2D eigenvalue weighted by molar-refractivity contribution is 0.143. The average Bonchev–Trinajstić information content (AvgIpc) is 2.78. The first-order valence-corrected chi connectivity index (χ1v) is 7.29. The van der Waals surface area contributed by atoms with E-state index in [-0.39, 0.29) is 12.2 Å². The molecule has 1 rings (SSSR count). The van der Waals surface area contributed by atoms with E-state index in [0.717, 1.165) is 12.1 Å². The van der Waals surface area contributed by atoms with Gasteiger partial charge in [-0.05, 0) is 13.3 Å². The topological polar surface area (TPSA) is 29.5 Å². The Morgan fingerprint density at radius 2 is 2.28 bits per heavy atom. The molecule has 1 fully saturated rings. The molecule has 1 unspecified atom stereocenters. The van der Waals surface area contributed by atoms with Crippen LogP contribution >= 0.6 is 15.9 Å². The number of nitrogens with zero attached hydrogens (tertiary/aromatic N) is 1. The highest BCUT2D eigenvalue weighted by Gasteiger charge is 2.30. The van der Waals surface area contributed by atoms with E-state index in [1.165, 1.54) is 0 Å². The Bertz CT molecular complexity index is 324. The van der Waals surface area contributed by atoms with Gasteiger partial charge >= 0.3 is 6.09 Å². The van der Waals surface area contributed by atoms with Crippen LogP contribution in [0.5, 0.6) is 0 Å². The molecule has 1 saturated heterocycles. The van der Waals surface area contributed by atoms with Gasteiger partial charge in [0.05, 0.1) is 6.54 Å². The Morgan fingerprint density at radius 1 is 1.61 bits per heavy atom. The number of allylic oxidation sites excluding steroid dienone is 5. The molecule has 3 nitrogen and oxygen atoms in total. The van der Waals surface area contributed by atoms with Crippen LogP contribution in [0, 0.1) is 0 Å². The molecular weight excluding hydrogens is 294 g/mol. The number of amides is 1. The van der Waals surface area contributed by atoms with Gasteiger partial charge in [0.25, 0.3) is 0 Å². The fourth-order valence-electron chi connectivity index (χ4n) is 1.41. The summed E-state index contributed by atoms with van der Waals surface area (Å²) < 4.78 is 5.14. The molecule has 0 bridgehead atoms. The number of alkyl halides is 1. The maximum Gasteiger partial charge on any atom is 0.414 e. The molecule has 102 valence electrons. The van der Waals surface area contributed by atoms with E-state index in [1.54, 1.807) is 11.0 Å². The van der Waals surface area contributed by atoms with Gasteiger partial charge in [-0.1, -0.05) is 60.7 Å². The SMILES string of the molecule is C=C/C=C\C/C=C(\C)N1CC(CBr)OC1=O.CC. The third kappa shape index (κ3) is 5.54. The summed E-state index contributed by atoms with van der Waals surface area (Å²) in [6.45, 7) is 10.1. The Labute approximate surface area is 118 Å². The van der Waals surface area contributed by atoms with Gasteiger partial charge < -0.3 is 4.74 Å². The smallest absolute Gasteiger partial charge is 0.414 e. The molecule has 1 amide bonds. The highest BCUT2D eigenvalue weighted by Crippen LogP contribution is 2.18. The Balaban J connectivity index is 0.00000137. The number of ether oxygens (including phenoxy) is 1. The molecule has 1 heterocycles. The number of rotatable bonds is 5. The standard InChI is InChI=1S/C12H16BrNO2.C2H6/c1-3-4-5-6-7-10(2)14-9-11(8-13)16-12(14)15;1-2/h3-5,7,11H,1,6,8-9H2,2H3;1-2H3/b5-4-,10-7+;. The van der Waals surface area contributed by atoms with E-state index in [9.17, 15) is 4.79 Å². The van der Waals surface area contributed by atoms with Crippen LogP contribution in [0.3, 0.4) is 0 Å². The summed E-state index contributed by atoms with van der Waals surface area (Å²) in [4.78, 5) is 13.1. The van der Waals surface area contributed by atoms with Gasteiger partial charge in [0.1, 0.15) is 6.10 Å². The third-order valence-electron chi connectivity index (χ3n) is 2.29. The predicted molar refractivity (Wildman–Crippen MR) is 79.8 cm³/mol. The molecule has 0 aliphatic carbocycles. The normalized spacial score (nSPS) is 19.6. The number of hydrogen-bond donors (Lipinski definition) is 0. The molecule has 1 aliphatic heterocycles. The minimum atomic E-state index is -0.258. The Kier molecular flexibility index (Phi) is 9.38. The van der Waals surface area contributed by atoms with Crippen molar-refractivity contribution in [1.29, 1.82) is 0 Å². The molecule has 1 atom stereocenters. The monoisotopic (exact) mass is 315 g/mol. The first-order chi connectivity index (χ1) is 8.69. The van der Waals surface area contributed by atoms with Crippen molar-refractivity contribution in [2.24, 2.45) is 0 Å². The first kappa shape index (κ1) is 17.0. The lowest BCUT2D eigenvalue weighted by Crippen LogP contribution is -2.23. The van der Waals surface area contributed by atoms with E-state index in [4.69, 9.17) is 4.74 Å². The highest BCUT2D eigenvalue weighted by atomic mass is 79.9.